The smallest absolute Gasteiger partial charge is 0.399 e. The molecule has 1 aliphatic rings. The van der Waals surface area contributed by atoms with Gasteiger partial charge >= 0.3 is 7.12 Å². The summed E-state index contributed by atoms with van der Waals surface area (Å²) >= 11 is 0. The van der Waals surface area contributed by atoms with E-state index in [2.05, 4.69) is 11.4 Å². The zero-order chi connectivity index (χ0) is 20.4. The molecule has 2 aromatic carbocycles. The highest BCUT2D eigenvalue weighted by molar-refractivity contribution is 6.62. The summed E-state index contributed by atoms with van der Waals surface area (Å²) < 4.78 is 12.1. The van der Waals surface area contributed by atoms with Crippen LogP contribution in [0.1, 0.15) is 45.2 Å². The van der Waals surface area contributed by atoms with Crippen LogP contribution in [0.25, 0.3) is 0 Å². The van der Waals surface area contributed by atoms with E-state index >= 15 is 0 Å². The van der Waals surface area contributed by atoms with Crippen molar-refractivity contribution in [1.82, 2.24) is 0 Å². The third-order valence-corrected chi connectivity index (χ3v) is 5.44. The van der Waals surface area contributed by atoms with Crippen molar-refractivity contribution in [3.05, 3.63) is 59.7 Å². The number of nitriles is 1. The SMILES string of the molecule is CC1(C)OB(c2ccc(NC(=O)CCc3ccc(C#N)cc3)cc2)OC1(C)C. The van der Waals surface area contributed by atoms with Crippen molar-refractivity contribution in [2.24, 2.45) is 0 Å². The maximum atomic E-state index is 12.2. The first kappa shape index (κ1) is 20.1. The highest BCUT2D eigenvalue weighted by Gasteiger charge is 2.51. The molecule has 0 saturated carbocycles. The number of hydrogen-bond acceptors (Lipinski definition) is 4. The van der Waals surface area contributed by atoms with Crippen LogP contribution in [0.15, 0.2) is 48.5 Å². The van der Waals surface area contributed by atoms with Gasteiger partial charge < -0.3 is 14.6 Å². The third kappa shape index (κ3) is 4.44. The zero-order valence-electron chi connectivity index (χ0n) is 16.8. The summed E-state index contributed by atoms with van der Waals surface area (Å²) in [6.07, 6.45) is 1.01. The van der Waals surface area contributed by atoms with Crippen LogP contribution in [0.5, 0.6) is 0 Å². The maximum Gasteiger partial charge on any atom is 0.494 e. The molecular formula is C22H25BN2O3. The highest BCUT2D eigenvalue weighted by Crippen LogP contribution is 2.36. The van der Waals surface area contributed by atoms with Crippen LogP contribution in [0.3, 0.4) is 0 Å². The van der Waals surface area contributed by atoms with E-state index in [9.17, 15) is 4.79 Å². The molecule has 144 valence electrons. The van der Waals surface area contributed by atoms with Crippen LogP contribution in [0.2, 0.25) is 0 Å². The second kappa shape index (κ2) is 7.79. The molecule has 2 aromatic rings. The van der Waals surface area contributed by atoms with Crippen molar-refractivity contribution in [2.45, 2.75) is 51.7 Å². The minimum atomic E-state index is -0.411. The Balaban J connectivity index is 1.54. The number of nitrogens with one attached hydrogen (secondary N) is 1. The van der Waals surface area contributed by atoms with Crippen molar-refractivity contribution in [3.63, 3.8) is 0 Å². The fourth-order valence-corrected chi connectivity index (χ4v) is 2.93. The lowest BCUT2D eigenvalue weighted by Crippen LogP contribution is -2.41. The molecule has 0 atom stereocenters. The minimum absolute atomic E-state index is 0.0484. The molecule has 0 radical (unpaired) electrons. The Bertz CT molecular complexity index is 867. The van der Waals surface area contributed by atoms with Gasteiger partial charge in [-0.3, -0.25) is 4.79 Å². The van der Waals surface area contributed by atoms with Crippen LogP contribution < -0.4 is 10.8 Å². The van der Waals surface area contributed by atoms with Gasteiger partial charge in [0.2, 0.25) is 5.91 Å². The number of aryl methyl sites for hydroxylation is 1. The van der Waals surface area contributed by atoms with E-state index in [-0.39, 0.29) is 17.1 Å². The Hall–Kier alpha value is -2.62. The van der Waals surface area contributed by atoms with E-state index in [1.54, 1.807) is 12.1 Å². The van der Waals surface area contributed by atoms with Crippen molar-refractivity contribution >= 4 is 24.2 Å². The third-order valence-electron chi connectivity index (χ3n) is 5.44. The van der Waals surface area contributed by atoms with E-state index in [1.165, 1.54) is 0 Å². The molecule has 1 aliphatic heterocycles. The molecule has 5 nitrogen and oxygen atoms in total. The lowest BCUT2D eigenvalue weighted by atomic mass is 9.79. The minimum Gasteiger partial charge on any atom is -0.399 e. The number of benzene rings is 2. The average Bonchev–Trinajstić information content (AvgIpc) is 2.88. The first-order valence-corrected chi connectivity index (χ1v) is 9.45. The highest BCUT2D eigenvalue weighted by atomic mass is 16.7. The number of rotatable bonds is 5. The van der Waals surface area contributed by atoms with Crippen molar-refractivity contribution in [1.29, 1.82) is 5.26 Å². The van der Waals surface area contributed by atoms with E-state index in [0.29, 0.717) is 18.4 Å². The Kier molecular flexibility index (Phi) is 5.60. The first-order chi connectivity index (χ1) is 13.2. The van der Waals surface area contributed by atoms with Crippen molar-refractivity contribution < 1.29 is 14.1 Å². The topological polar surface area (TPSA) is 71.3 Å². The molecule has 0 unspecified atom stereocenters. The summed E-state index contributed by atoms with van der Waals surface area (Å²) in [5.41, 5.74) is 2.56. The predicted molar refractivity (Wildman–Crippen MR) is 110 cm³/mol. The number of carbonyl (C=O) groups excluding carboxylic acids is 1. The summed E-state index contributed by atoms with van der Waals surface area (Å²) in [7, 11) is -0.411. The van der Waals surface area contributed by atoms with Crippen LogP contribution in [0.4, 0.5) is 5.69 Å². The molecule has 1 fully saturated rings. The van der Waals surface area contributed by atoms with Crippen LogP contribution in [-0.2, 0) is 20.5 Å². The van der Waals surface area contributed by atoms with Crippen molar-refractivity contribution in [3.8, 4) is 6.07 Å². The van der Waals surface area contributed by atoms with Gasteiger partial charge in [0, 0.05) is 12.1 Å². The quantitative estimate of drug-likeness (QED) is 0.812. The lowest BCUT2D eigenvalue weighted by molar-refractivity contribution is -0.116. The van der Waals surface area contributed by atoms with Gasteiger partial charge in [-0.1, -0.05) is 24.3 Å². The Morgan fingerprint density at radius 2 is 1.57 bits per heavy atom. The second-order valence-electron chi connectivity index (χ2n) is 8.07. The standard InChI is InChI=1S/C22H25BN2O3/c1-21(2)22(3,4)28-23(27-21)18-10-12-19(13-11-18)25-20(26)14-9-16-5-7-17(15-24)8-6-16/h5-8,10-13H,9,14H2,1-4H3,(H,25,26). The molecule has 6 heteroatoms. The molecule has 1 saturated heterocycles. The number of nitrogens with zero attached hydrogens (tertiary/aromatic N) is 1. The normalized spacial score (nSPS) is 17.2. The molecule has 0 aromatic heterocycles. The zero-order valence-corrected chi connectivity index (χ0v) is 16.8. The summed E-state index contributed by atoms with van der Waals surface area (Å²) in [6, 6.07) is 16.9. The van der Waals surface area contributed by atoms with E-state index in [4.69, 9.17) is 14.6 Å². The van der Waals surface area contributed by atoms with Gasteiger partial charge in [-0.2, -0.15) is 5.26 Å². The van der Waals surface area contributed by atoms with Gasteiger partial charge in [-0.05, 0) is 69.4 Å². The van der Waals surface area contributed by atoms with Gasteiger partial charge in [0.25, 0.3) is 0 Å². The molecule has 1 heterocycles. The molecule has 0 aliphatic carbocycles. The van der Waals surface area contributed by atoms with E-state index < -0.39 is 7.12 Å². The predicted octanol–water partition coefficient (Wildman–Crippen LogP) is 3.43. The second-order valence-corrected chi connectivity index (χ2v) is 8.07. The van der Waals surface area contributed by atoms with Gasteiger partial charge in [0.15, 0.2) is 0 Å². The molecule has 28 heavy (non-hydrogen) atoms. The maximum absolute atomic E-state index is 12.2. The fraction of sp³-hybridized carbons (Fsp3) is 0.364. The molecule has 0 spiro atoms. The lowest BCUT2D eigenvalue weighted by Gasteiger charge is -2.32. The van der Waals surface area contributed by atoms with Gasteiger partial charge in [0.1, 0.15) is 0 Å². The van der Waals surface area contributed by atoms with Crippen LogP contribution >= 0.6 is 0 Å². The molecular weight excluding hydrogens is 351 g/mol. The van der Waals surface area contributed by atoms with E-state index in [0.717, 1.165) is 16.7 Å². The average molecular weight is 376 g/mol. The van der Waals surface area contributed by atoms with Crippen LogP contribution in [-0.4, -0.2) is 24.2 Å². The fourth-order valence-electron chi connectivity index (χ4n) is 2.93. The molecule has 1 N–H and O–H groups in total. The Morgan fingerprint density at radius 1 is 1.00 bits per heavy atom. The largest absolute Gasteiger partial charge is 0.494 e. The number of carbonyl (C=O) groups is 1. The monoisotopic (exact) mass is 376 g/mol. The molecule has 3 rings (SSSR count). The Morgan fingerprint density at radius 3 is 2.11 bits per heavy atom. The number of amides is 1. The summed E-state index contributed by atoms with van der Waals surface area (Å²) in [5, 5.41) is 11.7. The van der Waals surface area contributed by atoms with Crippen molar-refractivity contribution in [2.75, 3.05) is 5.32 Å². The first-order valence-electron chi connectivity index (χ1n) is 9.45. The number of hydrogen-bond donors (Lipinski definition) is 1. The molecule has 1 amide bonds. The summed E-state index contributed by atoms with van der Waals surface area (Å²) in [5.74, 6) is -0.0484. The molecule has 0 bridgehead atoms. The summed E-state index contributed by atoms with van der Waals surface area (Å²) in [4.78, 5) is 12.2. The van der Waals surface area contributed by atoms with Crippen LogP contribution in [0, 0.1) is 11.3 Å². The van der Waals surface area contributed by atoms with E-state index in [1.807, 2.05) is 64.1 Å². The summed E-state index contributed by atoms with van der Waals surface area (Å²) in [6.45, 7) is 8.09. The van der Waals surface area contributed by atoms with Gasteiger partial charge in [-0.25, -0.2) is 0 Å². The van der Waals surface area contributed by atoms with Gasteiger partial charge in [-0.15, -0.1) is 0 Å². The Labute approximate surface area is 166 Å². The number of anilines is 1. The van der Waals surface area contributed by atoms with Gasteiger partial charge in [0.05, 0.1) is 22.8 Å².